The summed E-state index contributed by atoms with van der Waals surface area (Å²) < 4.78 is 10.4. The van der Waals surface area contributed by atoms with E-state index in [-0.39, 0.29) is 5.97 Å². The van der Waals surface area contributed by atoms with Crippen molar-refractivity contribution in [2.45, 2.75) is 50.4 Å². The molecule has 0 radical (unpaired) electrons. The number of carbonyl (C=O) groups excluding carboxylic acids is 1. The van der Waals surface area contributed by atoms with Crippen molar-refractivity contribution < 1.29 is 13.9 Å². The van der Waals surface area contributed by atoms with Gasteiger partial charge in [0.2, 0.25) is 0 Å². The Morgan fingerprint density at radius 3 is 2.95 bits per heavy atom. The molecular weight excluding hydrogens is 274 g/mol. The van der Waals surface area contributed by atoms with Gasteiger partial charge in [-0.15, -0.1) is 0 Å². The molecule has 0 aliphatic heterocycles. The summed E-state index contributed by atoms with van der Waals surface area (Å²) in [5.41, 5.74) is 0.523. The predicted octanol–water partition coefficient (Wildman–Crippen LogP) is 3.14. The Bertz CT molecular complexity index is 458. The number of hydrogen-bond donors (Lipinski definition) is 1. The van der Waals surface area contributed by atoms with E-state index in [0.717, 1.165) is 5.76 Å². The quantitative estimate of drug-likeness (QED) is 0.846. The average Bonchev–Trinajstić information content (AvgIpc) is 2.85. The third kappa shape index (κ3) is 3.58. The van der Waals surface area contributed by atoms with Crippen LogP contribution in [0, 0.1) is 6.92 Å². The van der Waals surface area contributed by atoms with E-state index in [1.165, 1.54) is 32.8 Å². The fraction of sp³-hybridized carbons (Fsp3) is 0.667. The van der Waals surface area contributed by atoms with E-state index >= 15 is 0 Å². The summed E-state index contributed by atoms with van der Waals surface area (Å²) in [7, 11) is 1.39. The summed E-state index contributed by atoms with van der Waals surface area (Å²) in [6.45, 7) is 2.46. The molecule has 1 aliphatic rings. The van der Waals surface area contributed by atoms with Gasteiger partial charge in [-0.1, -0.05) is 12.8 Å². The van der Waals surface area contributed by atoms with E-state index in [1.54, 1.807) is 13.0 Å². The number of aryl methyl sites for hydroxylation is 1. The third-order valence-electron chi connectivity index (χ3n) is 3.92. The van der Waals surface area contributed by atoms with Crippen molar-refractivity contribution in [1.29, 1.82) is 0 Å². The van der Waals surface area contributed by atoms with Gasteiger partial charge in [0.25, 0.3) is 0 Å². The third-order valence-corrected chi connectivity index (χ3v) is 5.09. The highest BCUT2D eigenvalue weighted by atomic mass is 32.2. The van der Waals surface area contributed by atoms with E-state index in [4.69, 9.17) is 9.15 Å². The Morgan fingerprint density at radius 2 is 2.25 bits per heavy atom. The summed E-state index contributed by atoms with van der Waals surface area (Å²) in [6.07, 6.45) is 7.30. The topological polar surface area (TPSA) is 51.5 Å². The zero-order chi connectivity index (χ0) is 14.5. The molecule has 0 spiro atoms. The molecule has 0 amide bonds. The lowest BCUT2D eigenvalue weighted by atomic mass is 9.95. The second-order valence-electron chi connectivity index (χ2n) is 5.22. The fourth-order valence-electron chi connectivity index (χ4n) is 2.79. The molecule has 1 heterocycles. The van der Waals surface area contributed by atoms with E-state index in [2.05, 4.69) is 11.6 Å². The molecule has 20 heavy (non-hydrogen) atoms. The van der Waals surface area contributed by atoms with Gasteiger partial charge in [0.15, 0.2) is 0 Å². The van der Waals surface area contributed by atoms with E-state index in [1.807, 2.05) is 11.8 Å². The Kier molecular flexibility index (Phi) is 5.54. The number of ether oxygens (including phenoxy) is 1. The average molecular weight is 297 g/mol. The van der Waals surface area contributed by atoms with Crippen LogP contribution in [0.15, 0.2) is 10.5 Å². The van der Waals surface area contributed by atoms with Gasteiger partial charge in [-0.05, 0) is 32.1 Å². The fourth-order valence-corrected chi connectivity index (χ4v) is 3.75. The summed E-state index contributed by atoms with van der Waals surface area (Å²) in [5.74, 6) is 1.09. The number of hydrogen-bond acceptors (Lipinski definition) is 5. The Hall–Kier alpha value is -0.940. The molecule has 1 fully saturated rings. The molecule has 2 atom stereocenters. The molecule has 0 aromatic carbocycles. The van der Waals surface area contributed by atoms with Crippen molar-refractivity contribution in [3.8, 4) is 0 Å². The van der Waals surface area contributed by atoms with Crippen LogP contribution in [0.25, 0.3) is 0 Å². The zero-order valence-electron chi connectivity index (χ0n) is 12.4. The van der Waals surface area contributed by atoms with E-state index in [9.17, 15) is 4.79 Å². The number of methoxy groups -OCH3 is 1. The molecule has 2 rings (SSSR count). The lowest BCUT2D eigenvalue weighted by molar-refractivity contribution is 0.0599. The number of carbonyl (C=O) groups is 1. The molecule has 0 bridgehead atoms. The lowest BCUT2D eigenvalue weighted by Crippen LogP contribution is -2.39. The molecule has 1 aromatic heterocycles. The minimum absolute atomic E-state index is 0.336. The predicted molar refractivity (Wildman–Crippen MR) is 81.2 cm³/mol. The van der Waals surface area contributed by atoms with Crippen LogP contribution in [0.5, 0.6) is 0 Å². The summed E-state index contributed by atoms with van der Waals surface area (Å²) in [6, 6.07) is 2.32. The molecule has 1 saturated carbocycles. The Morgan fingerprint density at radius 1 is 1.50 bits per heavy atom. The van der Waals surface area contributed by atoms with Gasteiger partial charge in [-0.3, -0.25) is 0 Å². The maximum absolute atomic E-state index is 11.5. The van der Waals surface area contributed by atoms with Gasteiger partial charge in [0.05, 0.1) is 13.7 Å². The van der Waals surface area contributed by atoms with Gasteiger partial charge >= 0.3 is 5.97 Å². The van der Waals surface area contributed by atoms with Crippen LogP contribution in [0.3, 0.4) is 0 Å². The highest BCUT2D eigenvalue weighted by Gasteiger charge is 2.24. The van der Waals surface area contributed by atoms with Crippen LogP contribution in [0.4, 0.5) is 0 Å². The molecule has 2 unspecified atom stereocenters. The van der Waals surface area contributed by atoms with Crippen molar-refractivity contribution in [1.82, 2.24) is 5.32 Å². The van der Waals surface area contributed by atoms with Crippen LogP contribution in [-0.2, 0) is 11.3 Å². The normalized spacial score (nSPS) is 22.8. The van der Waals surface area contributed by atoms with Gasteiger partial charge in [0.1, 0.15) is 17.1 Å². The lowest BCUT2D eigenvalue weighted by Gasteiger charge is -2.30. The van der Waals surface area contributed by atoms with Crippen LogP contribution < -0.4 is 5.32 Å². The Labute approximate surface area is 124 Å². The summed E-state index contributed by atoms with van der Waals surface area (Å²) >= 11 is 1.94. The second kappa shape index (κ2) is 7.18. The van der Waals surface area contributed by atoms with E-state index < -0.39 is 0 Å². The Balaban J connectivity index is 1.95. The standard InChI is InChI=1S/C15H23NO3S/c1-10-12(15(17)18-2)8-11(19-10)9-16-13-6-4-5-7-14(13)20-3/h8,13-14,16H,4-7,9H2,1-3H3. The van der Waals surface area contributed by atoms with Crippen LogP contribution in [-0.4, -0.2) is 30.6 Å². The van der Waals surface area contributed by atoms with Gasteiger partial charge in [-0.2, -0.15) is 11.8 Å². The van der Waals surface area contributed by atoms with Gasteiger partial charge in [-0.25, -0.2) is 4.79 Å². The van der Waals surface area contributed by atoms with Gasteiger partial charge < -0.3 is 14.5 Å². The maximum atomic E-state index is 11.5. The molecule has 1 aliphatic carbocycles. The minimum Gasteiger partial charge on any atom is -0.465 e. The highest BCUT2D eigenvalue weighted by molar-refractivity contribution is 7.99. The first-order chi connectivity index (χ1) is 9.65. The molecule has 1 N–H and O–H groups in total. The molecule has 0 saturated heterocycles. The van der Waals surface area contributed by atoms with E-state index in [0.29, 0.717) is 29.2 Å². The first-order valence-electron chi connectivity index (χ1n) is 7.09. The highest BCUT2D eigenvalue weighted by Crippen LogP contribution is 2.27. The molecule has 1 aromatic rings. The number of furan rings is 1. The molecule has 4 nitrogen and oxygen atoms in total. The van der Waals surface area contributed by atoms with Crippen LogP contribution in [0.2, 0.25) is 0 Å². The first kappa shape index (κ1) is 15.4. The SMILES string of the molecule is COC(=O)c1cc(CNC2CCCCC2SC)oc1C. The van der Waals surface area contributed by atoms with Crippen LogP contribution in [0.1, 0.15) is 47.6 Å². The number of thioether (sulfide) groups is 1. The molecular formula is C15H23NO3S. The van der Waals surface area contributed by atoms with Gasteiger partial charge in [0, 0.05) is 11.3 Å². The largest absolute Gasteiger partial charge is 0.465 e. The summed E-state index contributed by atoms with van der Waals surface area (Å²) in [5, 5.41) is 4.25. The second-order valence-corrected chi connectivity index (χ2v) is 6.30. The molecule has 5 heteroatoms. The smallest absolute Gasteiger partial charge is 0.341 e. The van der Waals surface area contributed by atoms with Crippen molar-refractivity contribution in [3.63, 3.8) is 0 Å². The first-order valence-corrected chi connectivity index (χ1v) is 8.38. The zero-order valence-corrected chi connectivity index (χ0v) is 13.2. The van der Waals surface area contributed by atoms with Crippen LogP contribution >= 0.6 is 11.8 Å². The monoisotopic (exact) mass is 297 g/mol. The molecule has 112 valence electrons. The van der Waals surface area contributed by atoms with Crippen molar-refractivity contribution in [2.24, 2.45) is 0 Å². The number of rotatable bonds is 5. The van der Waals surface area contributed by atoms with Crippen molar-refractivity contribution in [3.05, 3.63) is 23.2 Å². The summed E-state index contributed by atoms with van der Waals surface area (Å²) in [4.78, 5) is 11.5. The maximum Gasteiger partial charge on any atom is 0.341 e. The number of nitrogens with one attached hydrogen (secondary N) is 1. The van der Waals surface area contributed by atoms with Crippen molar-refractivity contribution in [2.75, 3.05) is 13.4 Å². The van der Waals surface area contributed by atoms with Crippen molar-refractivity contribution >= 4 is 17.7 Å². The minimum atomic E-state index is -0.336. The number of esters is 1.